The molecule has 6 rings (SSSR count). The standard InChI is InChI=1S/C29H42N2O4/c1-30(27(33)11-9-19-4-2-3-5-19)23-12-14-29(34)22-13-15-31(18-20-6-7-20)26(29)17-21-8-10-24(32)25(16-21)35-28(22)23/h8,10,16,19-20,22-23,26,28,32,34H,2-7,9,11-15,17-18H2,1H3/t22?,23-,26-,28-,29+/m1/s1. The van der Waals surface area contributed by atoms with Gasteiger partial charge in [0.05, 0.1) is 11.6 Å². The fraction of sp³-hybridized carbons (Fsp3) is 0.759. The lowest BCUT2D eigenvalue weighted by atomic mass is 9.63. The van der Waals surface area contributed by atoms with Crippen LogP contribution in [-0.2, 0) is 11.2 Å². The van der Waals surface area contributed by atoms with Crippen molar-refractivity contribution >= 4 is 5.91 Å². The molecule has 0 spiro atoms. The minimum Gasteiger partial charge on any atom is -0.504 e. The average Bonchev–Trinajstić information content (AvgIpc) is 3.51. The van der Waals surface area contributed by atoms with Gasteiger partial charge < -0.3 is 19.8 Å². The van der Waals surface area contributed by atoms with E-state index in [4.69, 9.17) is 4.74 Å². The van der Waals surface area contributed by atoms with E-state index in [2.05, 4.69) is 4.90 Å². The number of rotatable bonds is 6. The van der Waals surface area contributed by atoms with Crippen LogP contribution in [0.5, 0.6) is 11.5 Å². The highest BCUT2D eigenvalue weighted by Gasteiger charge is 2.58. The molecule has 192 valence electrons. The Hall–Kier alpha value is -1.79. The highest BCUT2D eigenvalue weighted by Crippen LogP contribution is 2.49. The second kappa shape index (κ2) is 9.26. The molecule has 6 nitrogen and oxygen atoms in total. The van der Waals surface area contributed by atoms with Crippen molar-refractivity contribution in [1.82, 2.24) is 9.80 Å². The molecule has 0 radical (unpaired) electrons. The van der Waals surface area contributed by atoms with Gasteiger partial charge in [-0.3, -0.25) is 9.69 Å². The number of aromatic hydroxyl groups is 1. The molecule has 4 fully saturated rings. The van der Waals surface area contributed by atoms with Crippen LogP contribution in [0.1, 0.15) is 76.2 Å². The lowest BCUT2D eigenvalue weighted by Crippen LogP contribution is -2.70. The molecular formula is C29H42N2O4. The number of fused-ring (bicyclic) bond motifs is 2. The minimum atomic E-state index is -0.843. The third kappa shape index (κ3) is 4.46. The third-order valence-electron chi connectivity index (χ3n) is 10.0. The number of phenols is 1. The number of likely N-dealkylation sites (tertiary alicyclic amines) is 1. The zero-order chi connectivity index (χ0) is 24.2. The fourth-order valence-corrected chi connectivity index (χ4v) is 7.76. The van der Waals surface area contributed by atoms with Crippen LogP contribution in [0.25, 0.3) is 0 Å². The number of hydrogen-bond acceptors (Lipinski definition) is 5. The van der Waals surface area contributed by atoms with Gasteiger partial charge in [-0.05, 0) is 81.0 Å². The van der Waals surface area contributed by atoms with Crippen molar-refractivity contribution in [3.63, 3.8) is 0 Å². The molecule has 3 saturated carbocycles. The van der Waals surface area contributed by atoms with Gasteiger partial charge in [0.2, 0.25) is 5.91 Å². The Kier molecular flexibility index (Phi) is 6.24. The topological polar surface area (TPSA) is 73.2 Å². The highest BCUT2D eigenvalue weighted by molar-refractivity contribution is 5.76. The Bertz CT molecular complexity index is 943. The summed E-state index contributed by atoms with van der Waals surface area (Å²) in [7, 11) is 1.93. The summed E-state index contributed by atoms with van der Waals surface area (Å²) in [4.78, 5) is 17.8. The quantitative estimate of drug-likeness (QED) is 0.638. The molecule has 2 aliphatic heterocycles. The molecule has 1 unspecified atom stereocenters. The fourth-order valence-electron chi connectivity index (χ4n) is 7.76. The number of carbonyl (C=O) groups is 1. The monoisotopic (exact) mass is 482 g/mol. The number of likely N-dealkylation sites (N-methyl/N-ethyl adjacent to an activating group) is 1. The second-order valence-electron chi connectivity index (χ2n) is 12.2. The number of phenolic OH excluding ortho intramolecular Hbond substituents is 1. The molecular weight excluding hydrogens is 440 g/mol. The van der Waals surface area contributed by atoms with E-state index in [1.54, 1.807) is 6.07 Å². The van der Waals surface area contributed by atoms with Crippen molar-refractivity contribution < 1.29 is 19.7 Å². The van der Waals surface area contributed by atoms with Crippen LogP contribution in [0.15, 0.2) is 18.2 Å². The zero-order valence-electron chi connectivity index (χ0n) is 21.2. The summed E-state index contributed by atoms with van der Waals surface area (Å²) in [6.07, 6.45) is 12.0. The molecule has 1 amide bonds. The predicted molar refractivity (Wildman–Crippen MR) is 134 cm³/mol. The molecule has 3 aliphatic carbocycles. The van der Waals surface area contributed by atoms with Crippen molar-refractivity contribution in [1.29, 1.82) is 0 Å². The minimum absolute atomic E-state index is 0.0489. The Morgan fingerprint density at radius 1 is 1.14 bits per heavy atom. The van der Waals surface area contributed by atoms with Gasteiger partial charge >= 0.3 is 0 Å². The van der Waals surface area contributed by atoms with Crippen LogP contribution in [0.3, 0.4) is 0 Å². The average molecular weight is 483 g/mol. The van der Waals surface area contributed by atoms with E-state index in [0.29, 0.717) is 24.5 Å². The predicted octanol–water partition coefficient (Wildman–Crippen LogP) is 4.12. The van der Waals surface area contributed by atoms with Crippen molar-refractivity contribution in [3.05, 3.63) is 23.8 Å². The maximum absolute atomic E-state index is 13.3. The summed E-state index contributed by atoms with van der Waals surface area (Å²) < 4.78 is 6.60. The number of amides is 1. The lowest BCUT2D eigenvalue weighted by Gasteiger charge is -2.58. The van der Waals surface area contributed by atoms with E-state index in [9.17, 15) is 15.0 Å². The highest BCUT2D eigenvalue weighted by atomic mass is 16.5. The molecule has 0 aromatic heterocycles. The van der Waals surface area contributed by atoms with Crippen LogP contribution < -0.4 is 4.74 Å². The molecule has 5 atom stereocenters. The summed E-state index contributed by atoms with van der Waals surface area (Å²) in [6.45, 7) is 2.03. The largest absolute Gasteiger partial charge is 0.504 e. The van der Waals surface area contributed by atoms with Crippen LogP contribution in [0.2, 0.25) is 0 Å². The SMILES string of the molecule is CN(C(=O)CCC1CCCC1)[C@@H]1CC[C@]2(O)C3CCN(CC4CC4)[C@@H]2Cc2ccc(O)c(c2)O[C@H]31. The Labute approximate surface area is 209 Å². The van der Waals surface area contributed by atoms with Crippen LogP contribution in [0, 0.1) is 17.8 Å². The molecule has 5 aliphatic rings. The Balaban J connectivity index is 1.28. The van der Waals surface area contributed by atoms with Crippen molar-refractivity contribution in [2.75, 3.05) is 20.1 Å². The Morgan fingerprint density at radius 3 is 2.71 bits per heavy atom. The summed E-state index contributed by atoms with van der Waals surface area (Å²) >= 11 is 0. The smallest absolute Gasteiger partial charge is 0.222 e. The maximum Gasteiger partial charge on any atom is 0.222 e. The first kappa shape index (κ1) is 23.6. The summed E-state index contributed by atoms with van der Waals surface area (Å²) in [5.74, 6) is 2.24. The van der Waals surface area contributed by atoms with E-state index in [0.717, 1.165) is 50.3 Å². The molecule has 6 bridgehead atoms. The third-order valence-corrected chi connectivity index (χ3v) is 10.0. The molecule has 1 saturated heterocycles. The van der Waals surface area contributed by atoms with Gasteiger partial charge in [-0.2, -0.15) is 0 Å². The van der Waals surface area contributed by atoms with E-state index in [1.165, 1.54) is 38.5 Å². The van der Waals surface area contributed by atoms with E-state index in [-0.39, 0.29) is 35.8 Å². The second-order valence-corrected chi connectivity index (χ2v) is 12.2. The number of hydrogen-bond donors (Lipinski definition) is 2. The van der Waals surface area contributed by atoms with Gasteiger partial charge in [-0.1, -0.05) is 31.7 Å². The van der Waals surface area contributed by atoms with Crippen LogP contribution in [0.4, 0.5) is 0 Å². The number of nitrogens with zero attached hydrogens (tertiary/aromatic N) is 2. The number of carbonyl (C=O) groups excluding carboxylic acids is 1. The van der Waals surface area contributed by atoms with Gasteiger partial charge in [0.25, 0.3) is 0 Å². The maximum atomic E-state index is 13.3. The summed E-state index contributed by atoms with van der Waals surface area (Å²) in [5.41, 5.74) is 0.257. The van der Waals surface area contributed by atoms with Crippen molar-refractivity contribution in [2.45, 2.75) is 101 Å². The normalized spacial score (nSPS) is 35.0. The van der Waals surface area contributed by atoms with Gasteiger partial charge in [0, 0.05) is 32.0 Å². The first-order valence-corrected chi connectivity index (χ1v) is 14.1. The summed E-state index contributed by atoms with van der Waals surface area (Å²) in [5, 5.41) is 23.0. The van der Waals surface area contributed by atoms with Crippen LogP contribution in [-0.4, -0.2) is 69.8 Å². The first-order chi connectivity index (χ1) is 16.9. The molecule has 6 heteroatoms. The zero-order valence-corrected chi connectivity index (χ0v) is 21.2. The number of piperidine rings is 1. The lowest BCUT2D eigenvalue weighted by molar-refractivity contribution is -0.187. The Morgan fingerprint density at radius 2 is 1.94 bits per heavy atom. The number of aliphatic hydroxyl groups is 1. The molecule has 1 aromatic carbocycles. The van der Waals surface area contributed by atoms with Gasteiger partial charge in [0.1, 0.15) is 6.10 Å². The number of ether oxygens (including phenoxy) is 1. The number of benzene rings is 1. The first-order valence-electron chi connectivity index (χ1n) is 14.1. The van der Waals surface area contributed by atoms with Gasteiger partial charge in [0.15, 0.2) is 11.5 Å². The molecule has 2 N–H and O–H groups in total. The molecule has 1 aromatic rings. The van der Waals surface area contributed by atoms with Crippen LogP contribution >= 0.6 is 0 Å². The van der Waals surface area contributed by atoms with E-state index in [1.807, 2.05) is 24.1 Å². The van der Waals surface area contributed by atoms with E-state index < -0.39 is 5.60 Å². The van der Waals surface area contributed by atoms with Crippen molar-refractivity contribution in [2.24, 2.45) is 17.8 Å². The van der Waals surface area contributed by atoms with Gasteiger partial charge in [-0.25, -0.2) is 0 Å². The molecule has 2 heterocycles. The van der Waals surface area contributed by atoms with Crippen molar-refractivity contribution in [3.8, 4) is 11.5 Å². The van der Waals surface area contributed by atoms with Gasteiger partial charge in [-0.15, -0.1) is 0 Å². The molecule has 35 heavy (non-hydrogen) atoms. The summed E-state index contributed by atoms with van der Waals surface area (Å²) in [6, 6.07) is 5.62. The van der Waals surface area contributed by atoms with E-state index >= 15 is 0 Å².